The lowest BCUT2D eigenvalue weighted by molar-refractivity contribution is -0.114. The average Bonchev–Trinajstić information content (AvgIpc) is 3.09. The van der Waals surface area contributed by atoms with Gasteiger partial charge in [0.2, 0.25) is 0 Å². The van der Waals surface area contributed by atoms with E-state index in [2.05, 4.69) is 5.10 Å². The van der Waals surface area contributed by atoms with Gasteiger partial charge in [0.1, 0.15) is 5.71 Å². The lowest BCUT2D eigenvalue weighted by Crippen LogP contribution is -2.21. The summed E-state index contributed by atoms with van der Waals surface area (Å²) in [4.78, 5) is 24.4. The lowest BCUT2D eigenvalue weighted by Gasteiger charge is -2.11. The number of amides is 1. The van der Waals surface area contributed by atoms with Crippen molar-refractivity contribution < 1.29 is 19.8 Å². The summed E-state index contributed by atoms with van der Waals surface area (Å²) in [7, 11) is 0. The molecule has 0 fully saturated rings. The van der Waals surface area contributed by atoms with Crippen molar-refractivity contribution in [1.29, 1.82) is 0 Å². The van der Waals surface area contributed by atoms with E-state index in [1.165, 1.54) is 41.4 Å². The maximum atomic E-state index is 13.3. The molecule has 0 atom stereocenters. The molecule has 0 aliphatic carbocycles. The molecule has 154 valence electrons. The Morgan fingerprint density at radius 2 is 1.58 bits per heavy atom. The van der Waals surface area contributed by atoms with Gasteiger partial charge >= 0.3 is 5.97 Å². The highest BCUT2D eigenvalue weighted by Crippen LogP contribution is 2.34. The van der Waals surface area contributed by atoms with Crippen LogP contribution in [0.25, 0.3) is 6.08 Å². The molecule has 0 saturated carbocycles. The summed E-state index contributed by atoms with van der Waals surface area (Å²) < 4.78 is 0. The molecule has 6 nitrogen and oxygen atoms in total. The number of hydrogen-bond donors (Lipinski definition) is 2. The van der Waals surface area contributed by atoms with Crippen molar-refractivity contribution in [2.45, 2.75) is 0 Å². The third-order valence-electron chi connectivity index (χ3n) is 4.63. The Kier molecular flexibility index (Phi) is 5.50. The van der Waals surface area contributed by atoms with Gasteiger partial charge in [-0.2, -0.15) is 10.1 Å². The molecule has 1 aliphatic heterocycles. The van der Waals surface area contributed by atoms with Crippen LogP contribution in [0.1, 0.15) is 21.5 Å². The van der Waals surface area contributed by atoms with Gasteiger partial charge in [-0.25, -0.2) is 4.79 Å². The molecule has 1 aliphatic rings. The first-order chi connectivity index (χ1) is 14.8. The number of hydrogen-bond acceptors (Lipinski definition) is 4. The molecule has 0 spiro atoms. The molecular weight excluding hydrogens is 439 g/mol. The number of rotatable bonds is 4. The van der Waals surface area contributed by atoms with Crippen LogP contribution in [0.4, 0.5) is 5.69 Å². The maximum absolute atomic E-state index is 13.3. The van der Waals surface area contributed by atoms with Gasteiger partial charge < -0.3 is 10.2 Å². The maximum Gasteiger partial charge on any atom is 0.335 e. The number of phenolic OH excluding ortho intramolecular Hbond substituents is 1. The molecule has 0 radical (unpaired) electrons. The van der Waals surface area contributed by atoms with E-state index < -0.39 is 11.9 Å². The number of aromatic carboxylic acids is 1. The summed E-state index contributed by atoms with van der Waals surface area (Å²) in [5.41, 5.74) is 2.51. The largest absolute Gasteiger partial charge is 0.505 e. The fraction of sp³-hybridized carbons (Fsp3) is 0. The molecule has 8 heteroatoms. The lowest BCUT2D eigenvalue weighted by atomic mass is 10.00. The zero-order valence-electron chi connectivity index (χ0n) is 15.8. The van der Waals surface area contributed by atoms with E-state index in [0.717, 1.165) is 5.56 Å². The quantitative estimate of drug-likeness (QED) is 0.530. The van der Waals surface area contributed by atoms with Gasteiger partial charge in [-0.15, -0.1) is 0 Å². The van der Waals surface area contributed by atoms with Crippen molar-refractivity contribution in [3.63, 3.8) is 0 Å². The molecule has 2 N–H and O–H groups in total. The van der Waals surface area contributed by atoms with Crippen LogP contribution in [-0.2, 0) is 4.79 Å². The number of carbonyl (C=O) groups is 2. The van der Waals surface area contributed by atoms with E-state index in [4.69, 9.17) is 28.3 Å². The minimum atomic E-state index is -1.06. The third kappa shape index (κ3) is 4.03. The van der Waals surface area contributed by atoms with Gasteiger partial charge in [0, 0.05) is 5.56 Å². The number of phenols is 1. The molecule has 3 aromatic carbocycles. The van der Waals surface area contributed by atoms with Gasteiger partial charge in [0.15, 0.2) is 5.75 Å². The zero-order chi connectivity index (χ0) is 22.1. The number of carboxylic acid groups (broad SMARTS) is 1. The molecule has 1 heterocycles. The van der Waals surface area contributed by atoms with E-state index in [-0.39, 0.29) is 21.4 Å². The SMILES string of the molecule is O=C(O)c1ccc(N2N=C(c3ccccc3)/C(=C/c3cc(Cl)c(O)c(Cl)c3)C2=O)cc1. The summed E-state index contributed by atoms with van der Waals surface area (Å²) in [6.45, 7) is 0. The standard InChI is InChI=1S/C23H14Cl2N2O4/c24-18-11-13(12-19(25)21(18)28)10-17-20(14-4-2-1-3-5-14)26-27(22(17)29)16-8-6-15(7-9-16)23(30)31/h1-12,28H,(H,30,31)/b17-10-. The van der Waals surface area contributed by atoms with E-state index in [1.807, 2.05) is 30.3 Å². The molecule has 0 bridgehead atoms. The van der Waals surface area contributed by atoms with Gasteiger partial charge in [0.25, 0.3) is 5.91 Å². The van der Waals surface area contributed by atoms with Crippen LogP contribution in [0.3, 0.4) is 0 Å². The van der Waals surface area contributed by atoms with E-state index in [0.29, 0.717) is 22.5 Å². The third-order valence-corrected chi connectivity index (χ3v) is 5.21. The number of hydrazone groups is 1. The van der Waals surface area contributed by atoms with Crippen LogP contribution in [0.15, 0.2) is 77.4 Å². The number of benzene rings is 3. The number of halogens is 2. The van der Waals surface area contributed by atoms with Crippen molar-refractivity contribution in [2.75, 3.05) is 5.01 Å². The van der Waals surface area contributed by atoms with Crippen LogP contribution < -0.4 is 5.01 Å². The summed E-state index contributed by atoms with van der Waals surface area (Å²) in [5, 5.41) is 24.7. The molecule has 3 aromatic rings. The summed E-state index contributed by atoms with van der Waals surface area (Å²) in [6, 6.07) is 18.0. The van der Waals surface area contributed by atoms with E-state index in [9.17, 15) is 14.7 Å². The predicted molar refractivity (Wildman–Crippen MR) is 120 cm³/mol. The van der Waals surface area contributed by atoms with Crippen molar-refractivity contribution in [1.82, 2.24) is 0 Å². The number of aromatic hydroxyl groups is 1. The van der Waals surface area contributed by atoms with Gasteiger partial charge in [-0.3, -0.25) is 4.79 Å². The Bertz CT molecular complexity index is 1230. The second kappa shape index (κ2) is 8.26. The Balaban J connectivity index is 1.81. The first kappa shape index (κ1) is 20.7. The fourth-order valence-corrected chi connectivity index (χ4v) is 3.61. The van der Waals surface area contributed by atoms with Gasteiger partial charge in [0.05, 0.1) is 26.9 Å². The van der Waals surface area contributed by atoms with E-state index in [1.54, 1.807) is 6.08 Å². The number of carboxylic acids is 1. The second-order valence-corrected chi connectivity index (χ2v) is 7.49. The fourth-order valence-electron chi connectivity index (χ4n) is 3.11. The highest BCUT2D eigenvalue weighted by molar-refractivity contribution is 6.39. The Hall–Kier alpha value is -3.61. The summed E-state index contributed by atoms with van der Waals surface area (Å²) in [5.74, 6) is -1.70. The molecule has 31 heavy (non-hydrogen) atoms. The Labute approximate surface area is 187 Å². The normalized spacial score (nSPS) is 14.8. The molecule has 0 aromatic heterocycles. The Morgan fingerprint density at radius 3 is 2.16 bits per heavy atom. The molecular formula is C23H14Cl2N2O4. The second-order valence-electron chi connectivity index (χ2n) is 6.67. The van der Waals surface area contributed by atoms with Crippen LogP contribution in [0.2, 0.25) is 10.0 Å². The van der Waals surface area contributed by atoms with E-state index >= 15 is 0 Å². The monoisotopic (exact) mass is 452 g/mol. The molecule has 0 unspecified atom stereocenters. The first-order valence-corrected chi connectivity index (χ1v) is 9.82. The minimum absolute atomic E-state index is 0.0594. The van der Waals surface area contributed by atoms with Crippen molar-refractivity contribution >= 4 is 52.6 Å². The highest BCUT2D eigenvalue weighted by atomic mass is 35.5. The molecule has 0 saturated heterocycles. The minimum Gasteiger partial charge on any atom is -0.505 e. The van der Waals surface area contributed by atoms with Crippen molar-refractivity contribution in [2.24, 2.45) is 5.10 Å². The van der Waals surface area contributed by atoms with Crippen LogP contribution in [0, 0.1) is 0 Å². The average molecular weight is 453 g/mol. The molecule has 1 amide bonds. The van der Waals surface area contributed by atoms with Crippen LogP contribution in [0.5, 0.6) is 5.75 Å². The van der Waals surface area contributed by atoms with Gasteiger partial charge in [-0.1, -0.05) is 53.5 Å². The number of nitrogens with zero attached hydrogens (tertiary/aromatic N) is 2. The zero-order valence-corrected chi connectivity index (χ0v) is 17.3. The first-order valence-electron chi connectivity index (χ1n) is 9.07. The number of anilines is 1. The molecule has 4 rings (SSSR count). The van der Waals surface area contributed by atoms with Gasteiger partial charge in [-0.05, 0) is 48.0 Å². The summed E-state index contributed by atoms with van der Waals surface area (Å²) in [6.07, 6.45) is 1.59. The van der Waals surface area contributed by atoms with Crippen molar-refractivity contribution in [3.05, 3.63) is 99.0 Å². The highest BCUT2D eigenvalue weighted by Gasteiger charge is 2.32. The van der Waals surface area contributed by atoms with Crippen LogP contribution in [-0.4, -0.2) is 27.8 Å². The van der Waals surface area contributed by atoms with Crippen LogP contribution >= 0.6 is 23.2 Å². The topological polar surface area (TPSA) is 90.2 Å². The van der Waals surface area contributed by atoms with Crippen molar-refractivity contribution in [3.8, 4) is 5.75 Å². The Morgan fingerprint density at radius 1 is 0.968 bits per heavy atom. The predicted octanol–water partition coefficient (Wildman–Crippen LogP) is 5.23. The number of carbonyl (C=O) groups excluding carboxylic acids is 1. The smallest absolute Gasteiger partial charge is 0.335 e. The summed E-state index contributed by atoms with van der Waals surface area (Å²) >= 11 is 12.0.